The van der Waals surface area contributed by atoms with Crippen LogP contribution in [0, 0.1) is 0 Å². The number of phenolic OH excluding ortho intramolecular Hbond substituents is 1. The molecule has 156 valence electrons. The van der Waals surface area contributed by atoms with Gasteiger partial charge in [-0.1, -0.05) is 58.0 Å². The summed E-state index contributed by atoms with van der Waals surface area (Å²) >= 11 is 4.33. The predicted octanol–water partition coefficient (Wildman–Crippen LogP) is 4.02. The molecule has 2 amide bonds. The number of thioether (sulfide) groups is 1. The van der Waals surface area contributed by atoms with Crippen LogP contribution in [0.4, 0.5) is 5.69 Å². The van der Waals surface area contributed by atoms with Crippen LogP contribution < -0.4 is 10.6 Å². The van der Waals surface area contributed by atoms with Crippen LogP contribution in [0.2, 0.25) is 0 Å². The Kier molecular flexibility index (Phi) is 6.06. The van der Waals surface area contributed by atoms with Crippen molar-refractivity contribution in [3.63, 3.8) is 0 Å². The third-order valence-electron chi connectivity index (χ3n) is 4.74. The van der Waals surface area contributed by atoms with Crippen molar-refractivity contribution >= 4 is 67.3 Å². The molecule has 0 aliphatic carbocycles. The normalized spacial score (nSPS) is 17.3. The van der Waals surface area contributed by atoms with E-state index in [1.165, 1.54) is 6.21 Å². The minimum atomic E-state index is -0.666. The van der Waals surface area contributed by atoms with Crippen molar-refractivity contribution in [2.45, 2.75) is 11.7 Å². The topological polar surface area (TPSA) is 108 Å². The largest absolute Gasteiger partial charge is 0.507 e. The number of nitrogens with two attached hydrogens (primary N) is 1. The lowest BCUT2D eigenvalue weighted by Crippen LogP contribution is -2.31. The Labute approximate surface area is 190 Å². The summed E-state index contributed by atoms with van der Waals surface area (Å²) in [5, 5.41) is 19.2. The smallest absolute Gasteiger partial charge is 0.247 e. The number of amides is 2. The Hall–Kier alpha value is -3.17. The van der Waals surface area contributed by atoms with E-state index in [2.05, 4.69) is 26.1 Å². The molecule has 1 saturated heterocycles. The minimum absolute atomic E-state index is 0.0314. The van der Waals surface area contributed by atoms with E-state index >= 15 is 0 Å². The van der Waals surface area contributed by atoms with Gasteiger partial charge in [0.1, 0.15) is 11.0 Å². The van der Waals surface area contributed by atoms with Crippen molar-refractivity contribution in [3.8, 4) is 5.75 Å². The Balaban J connectivity index is 1.48. The average Bonchev–Trinajstić information content (AvgIpc) is 3.03. The maximum atomic E-state index is 12.7. The number of imide groups is 1. The number of hydrogen-bond acceptors (Lipinski definition) is 6. The Bertz CT molecular complexity index is 1230. The highest BCUT2D eigenvalue weighted by molar-refractivity contribution is 9.10. The Morgan fingerprint density at radius 1 is 1.13 bits per heavy atom. The highest BCUT2D eigenvalue weighted by atomic mass is 79.9. The molecule has 0 saturated carbocycles. The van der Waals surface area contributed by atoms with Gasteiger partial charge in [0.05, 0.1) is 11.9 Å². The first-order chi connectivity index (χ1) is 14.9. The lowest BCUT2D eigenvalue weighted by atomic mass is 10.0. The van der Waals surface area contributed by atoms with Crippen molar-refractivity contribution < 1.29 is 14.7 Å². The number of aromatic hydroxyl groups is 1. The maximum absolute atomic E-state index is 12.7. The van der Waals surface area contributed by atoms with Crippen LogP contribution in [-0.2, 0) is 9.59 Å². The number of anilines is 1. The first kappa shape index (κ1) is 21.1. The molecule has 1 fully saturated rings. The van der Waals surface area contributed by atoms with Gasteiger partial charge in [-0.15, -0.1) is 5.10 Å². The van der Waals surface area contributed by atoms with E-state index < -0.39 is 5.25 Å². The molecule has 7 nitrogen and oxygen atoms in total. The maximum Gasteiger partial charge on any atom is 0.247 e. The molecule has 0 aromatic heterocycles. The predicted molar refractivity (Wildman–Crippen MR) is 127 cm³/mol. The van der Waals surface area contributed by atoms with Crippen molar-refractivity contribution in [3.05, 3.63) is 70.7 Å². The first-order valence-electron chi connectivity index (χ1n) is 9.30. The number of benzene rings is 3. The summed E-state index contributed by atoms with van der Waals surface area (Å²) in [5.41, 5.74) is 6.97. The van der Waals surface area contributed by atoms with Gasteiger partial charge in [-0.05, 0) is 41.1 Å². The highest BCUT2D eigenvalue weighted by Crippen LogP contribution is 2.30. The van der Waals surface area contributed by atoms with Crippen LogP contribution in [-0.4, -0.2) is 33.6 Å². The first-order valence-corrected chi connectivity index (χ1v) is 11.0. The van der Waals surface area contributed by atoms with Crippen LogP contribution >= 0.6 is 27.7 Å². The summed E-state index contributed by atoms with van der Waals surface area (Å²) in [6.45, 7) is 0. The molecule has 1 aliphatic rings. The number of phenols is 1. The molecular formula is C22H17BrN4O3S. The fourth-order valence-electron chi connectivity index (χ4n) is 3.29. The Morgan fingerprint density at radius 2 is 1.87 bits per heavy atom. The number of nitrogens with zero attached hydrogens (tertiary/aromatic N) is 3. The number of halogens is 1. The van der Waals surface area contributed by atoms with Gasteiger partial charge in [0.15, 0.2) is 5.17 Å². The molecule has 3 N–H and O–H groups in total. The molecule has 31 heavy (non-hydrogen) atoms. The zero-order valence-corrected chi connectivity index (χ0v) is 18.5. The molecule has 0 bridgehead atoms. The second-order valence-electron chi connectivity index (χ2n) is 6.76. The standard InChI is InChI=1S/C22H17BrN4O3S/c23-14-6-8-15(9-7-14)27-20(29)11-19(21(27)30)31-22(24)26-25-12-17-16-4-2-1-3-13(16)5-10-18(17)28/h1-10,12,19,28H,11H2,(H2,24,26)/b25-12+. The monoisotopic (exact) mass is 496 g/mol. The molecule has 9 heteroatoms. The summed E-state index contributed by atoms with van der Waals surface area (Å²) in [5.74, 6) is -0.557. The summed E-state index contributed by atoms with van der Waals surface area (Å²) < 4.78 is 0.854. The van der Waals surface area contributed by atoms with Gasteiger partial charge in [-0.2, -0.15) is 5.10 Å². The molecule has 1 atom stereocenters. The second-order valence-corrected chi connectivity index (χ2v) is 8.90. The summed E-state index contributed by atoms with van der Waals surface area (Å²) in [6, 6.07) is 17.9. The second kappa shape index (κ2) is 8.91. The van der Waals surface area contributed by atoms with E-state index in [0.29, 0.717) is 11.3 Å². The lowest BCUT2D eigenvalue weighted by Gasteiger charge is -2.14. The van der Waals surface area contributed by atoms with E-state index in [1.807, 2.05) is 30.3 Å². The van der Waals surface area contributed by atoms with Crippen LogP contribution in [0.3, 0.4) is 0 Å². The van der Waals surface area contributed by atoms with Gasteiger partial charge in [-0.25, -0.2) is 4.90 Å². The molecule has 3 aromatic carbocycles. The summed E-state index contributed by atoms with van der Waals surface area (Å²) in [4.78, 5) is 26.2. The van der Waals surface area contributed by atoms with E-state index in [1.54, 1.807) is 30.3 Å². The van der Waals surface area contributed by atoms with E-state index in [0.717, 1.165) is 31.9 Å². The zero-order valence-electron chi connectivity index (χ0n) is 16.1. The quantitative estimate of drug-likeness (QED) is 0.245. The van der Waals surface area contributed by atoms with Gasteiger partial charge in [0, 0.05) is 16.5 Å². The van der Waals surface area contributed by atoms with Gasteiger partial charge in [0.25, 0.3) is 0 Å². The van der Waals surface area contributed by atoms with Crippen molar-refractivity contribution in [1.29, 1.82) is 0 Å². The highest BCUT2D eigenvalue weighted by Gasteiger charge is 2.40. The van der Waals surface area contributed by atoms with Crippen LogP contribution in [0.25, 0.3) is 10.8 Å². The van der Waals surface area contributed by atoms with E-state index in [4.69, 9.17) is 5.73 Å². The van der Waals surface area contributed by atoms with E-state index in [9.17, 15) is 14.7 Å². The molecular weight excluding hydrogens is 480 g/mol. The third-order valence-corrected chi connectivity index (χ3v) is 6.25. The van der Waals surface area contributed by atoms with Crippen molar-refractivity contribution in [2.24, 2.45) is 15.9 Å². The molecule has 1 aliphatic heterocycles. The van der Waals surface area contributed by atoms with Crippen LogP contribution in [0.15, 0.2) is 75.3 Å². The number of fused-ring (bicyclic) bond motifs is 1. The van der Waals surface area contributed by atoms with Crippen LogP contribution in [0.5, 0.6) is 5.75 Å². The molecule has 0 radical (unpaired) electrons. The van der Waals surface area contributed by atoms with Gasteiger partial charge >= 0.3 is 0 Å². The average molecular weight is 497 g/mol. The van der Waals surface area contributed by atoms with Gasteiger partial charge in [-0.3, -0.25) is 9.59 Å². The fourth-order valence-corrected chi connectivity index (χ4v) is 4.37. The fraction of sp³-hybridized carbons (Fsp3) is 0.0909. The number of rotatable bonds is 4. The van der Waals surface area contributed by atoms with Gasteiger partial charge in [0.2, 0.25) is 11.8 Å². The SMILES string of the molecule is N/C(=N\N=C\c1c(O)ccc2ccccc12)SC1CC(=O)N(c2ccc(Br)cc2)C1=O. The molecule has 4 rings (SSSR count). The Morgan fingerprint density at radius 3 is 2.65 bits per heavy atom. The molecule has 3 aromatic rings. The lowest BCUT2D eigenvalue weighted by molar-refractivity contribution is -0.121. The molecule has 0 spiro atoms. The number of amidine groups is 1. The van der Waals surface area contributed by atoms with Crippen LogP contribution in [0.1, 0.15) is 12.0 Å². The number of carbonyl (C=O) groups is 2. The summed E-state index contributed by atoms with van der Waals surface area (Å²) in [6.07, 6.45) is 1.45. The zero-order chi connectivity index (χ0) is 22.0. The van der Waals surface area contributed by atoms with E-state index in [-0.39, 0.29) is 29.2 Å². The number of carbonyl (C=O) groups excluding carboxylic acids is 2. The van der Waals surface area contributed by atoms with Crippen molar-refractivity contribution in [1.82, 2.24) is 0 Å². The summed E-state index contributed by atoms with van der Waals surface area (Å²) in [7, 11) is 0. The van der Waals surface area contributed by atoms with Gasteiger partial charge < -0.3 is 10.8 Å². The molecule has 1 heterocycles. The molecule has 1 unspecified atom stereocenters. The third kappa shape index (κ3) is 4.47. The minimum Gasteiger partial charge on any atom is -0.507 e. The van der Waals surface area contributed by atoms with Crippen molar-refractivity contribution in [2.75, 3.05) is 4.90 Å². The number of hydrogen-bond donors (Lipinski definition) is 2.